The first-order chi connectivity index (χ1) is 18.3. The number of alkyl halides is 3. The SMILES string of the molecule is CN1CCN(c2cnc3c(C4CCN(C(=O)c5ccc6c(c5)OCO6)CC4C(F)(F)F)ncnc3c2)CC1. The van der Waals surface area contributed by atoms with Crippen LogP contribution in [0.3, 0.4) is 0 Å². The molecule has 5 heterocycles. The highest BCUT2D eigenvalue weighted by Crippen LogP contribution is 2.44. The molecule has 0 spiro atoms. The van der Waals surface area contributed by atoms with E-state index in [4.69, 9.17) is 9.47 Å². The molecule has 2 fully saturated rings. The number of aromatic nitrogens is 3. The van der Waals surface area contributed by atoms with Gasteiger partial charge in [0.15, 0.2) is 11.5 Å². The minimum absolute atomic E-state index is 0.0479. The maximum atomic E-state index is 14.4. The molecule has 200 valence electrons. The molecule has 12 heteroatoms. The summed E-state index contributed by atoms with van der Waals surface area (Å²) >= 11 is 0. The Morgan fingerprint density at radius 3 is 2.58 bits per heavy atom. The summed E-state index contributed by atoms with van der Waals surface area (Å²) in [5, 5.41) is 0. The zero-order valence-electron chi connectivity index (χ0n) is 20.8. The van der Waals surface area contributed by atoms with E-state index in [0.29, 0.717) is 22.5 Å². The molecule has 2 saturated heterocycles. The van der Waals surface area contributed by atoms with E-state index in [2.05, 4.69) is 31.8 Å². The van der Waals surface area contributed by atoms with Crippen molar-refractivity contribution in [2.24, 2.45) is 5.92 Å². The van der Waals surface area contributed by atoms with Crippen molar-refractivity contribution >= 4 is 22.6 Å². The van der Waals surface area contributed by atoms with Crippen LogP contribution in [0.4, 0.5) is 18.9 Å². The number of likely N-dealkylation sites (tertiary alicyclic amines) is 1. The number of hydrogen-bond acceptors (Lipinski definition) is 8. The number of nitrogens with zero attached hydrogens (tertiary/aromatic N) is 6. The Labute approximate surface area is 217 Å². The zero-order chi connectivity index (χ0) is 26.4. The third-order valence-corrected chi connectivity index (χ3v) is 7.65. The first-order valence-electron chi connectivity index (χ1n) is 12.6. The van der Waals surface area contributed by atoms with Gasteiger partial charge in [-0.1, -0.05) is 0 Å². The second-order valence-corrected chi connectivity index (χ2v) is 9.97. The number of rotatable bonds is 3. The molecule has 0 radical (unpaired) electrons. The molecule has 6 rings (SSSR count). The summed E-state index contributed by atoms with van der Waals surface area (Å²) in [5.41, 5.74) is 2.33. The lowest BCUT2D eigenvalue weighted by Crippen LogP contribution is -2.48. The van der Waals surface area contributed by atoms with E-state index in [1.807, 2.05) is 6.07 Å². The van der Waals surface area contributed by atoms with Crippen molar-refractivity contribution in [3.05, 3.63) is 48.0 Å². The van der Waals surface area contributed by atoms with Crippen LogP contribution in [0.2, 0.25) is 0 Å². The number of pyridine rings is 1. The van der Waals surface area contributed by atoms with Gasteiger partial charge in [0.2, 0.25) is 6.79 Å². The van der Waals surface area contributed by atoms with E-state index in [-0.39, 0.29) is 31.0 Å². The van der Waals surface area contributed by atoms with Crippen LogP contribution in [-0.4, -0.2) is 89.9 Å². The molecule has 2 atom stereocenters. The van der Waals surface area contributed by atoms with Gasteiger partial charge in [-0.15, -0.1) is 0 Å². The van der Waals surface area contributed by atoms with Crippen LogP contribution >= 0.6 is 0 Å². The molecule has 3 aliphatic rings. The fraction of sp³-hybridized carbons (Fsp3) is 0.462. The molecule has 0 bridgehead atoms. The smallest absolute Gasteiger partial charge is 0.394 e. The highest BCUT2D eigenvalue weighted by molar-refractivity contribution is 5.95. The van der Waals surface area contributed by atoms with Crippen LogP contribution in [0, 0.1) is 5.92 Å². The van der Waals surface area contributed by atoms with Gasteiger partial charge in [0.05, 0.1) is 29.0 Å². The lowest BCUT2D eigenvalue weighted by atomic mass is 9.81. The summed E-state index contributed by atoms with van der Waals surface area (Å²) in [6.45, 7) is 3.27. The minimum Gasteiger partial charge on any atom is -0.454 e. The average Bonchev–Trinajstić information content (AvgIpc) is 3.40. The van der Waals surface area contributed by atoms with Crippen molar-refractivity contribution < 1.29 is 27.4 Å². The summed E-state index contributed by atoms with van der Waals surface area (Å²) in [4.78, 5) is 32.0. The Balaban J connectivity index is 1.27. The maximum Gasteiger partial charge on any atom is 0.394 e. The van der Waals surface area contributed by atoms with E-state index in [1.165, 1.54) is 17.3 Å². The number of carbonyl (C=O) groups is 1. The Morgan fingerprint density at radius 1 is 1.00 bits per heavy atom. The molecule has 1 amide bonds. The lowest BCUT2D eigenvalue weighted by Gasteiger charge is -2.39. The predicted molar refractivity (Wildman–Crippen MR) is 132 cm³/mol. The van der Waals surface area contributed by atoms with Crippen LogP contribution in [-0.2, 0) is 0 Å². The summed E-state index contributed by atoms with van der Waals surface area (Å²) in [6, 6.07) is 6.53. The fourth-order valence-electron chi connectivity index (χ4n) is 5.47. The first kappa shape index (κ1) is 24.7. The first-order valence-corrected chi connectivity index (χ1v) is 12.6. The Morgan fingerprint density at radius 2 is 1.79 bits per heavy atom. The number of amides is 1. The quantitative estimate of drug-likeness (QED) is 0.512. The Bertz CT molecular complexity index is 1360. The van der Waals surface area contributed by atoms with E-state index in [1.54, 1.807) is 18.3 Å². The molecule has 0 aliphatic carbocycles. The average molecular weight is 529 g/mol. The highest BCUT2D eigenvalue weighted by atomic mass is 19.4. The molecule has 2 aromatic heterocycles. The summed E-state index contributed by atoms with van der Waals surface area (Å²) < 4.78 is 53.7. The van der Waals surface area contributed by atoms with Crippen molar-refractivity contribution in [3.8, 4) is 11.5 Å². The van der Waals surface area contributed by atoms with Gasteiger partial charge < -0.3 is 24.2 Å². The normalized spacial score (nSPS) is 22.2. The van der Waals surface area contributed by atoms with Crippen molar-refractivity contribution in [2.45, 2.75) is 18.5 Å². The summed E-state index contributed by atoms with van der Waals surface area (Å²) in [5.74, 6) is -2.28. The van der Waals surface area contributed by atoms with Crippen LogP contribution in [0.25, 0.3) is 11.0 Å². The van der Waals surface area contributed by atoms with Crippen molar-refractivity contribution in [2.75, 3.05) is 58.0 Å². The van der Waals surface area contributed by atoms with Gasteiger partial charge in [-0.05, 0) is 37.7 Å². The van der Waals surface area contributed by atoms with E-state index in [9.17, 15) is 18.0 Å². The standard InChI is InChI=1S/C26H27F3N6O3/c1-33-6-8-34(9-7-33)17-11-20-24(30-12-17)23(32-14-31-20)18-4-5-35(13-19(18)26(27,28)29)25(36)16-2-3-21-22(10-16)38-15-37-21/h2-3,10-12,14,18-19H,4-9,13,15H2,1H3. The van der Waals surface area contributed by atoms with Crippen LogP contribution < -0.4 is 14.4 Å². The molecule has 9 nitrogen and oxygen atoms in total. The molecule has 1 aromatic carbocycles. The Hall–Kier alpha value is -3.67. The number of hydrogen-bond donors (Lipinski definition) is 0. The van der Waals surface area contributed by atoms with Crippen molar-refractivity contribution in [3.63, 3.8) is 0 Å². The summed E-state index contributed by atoms with van der Waals surface area (Å²) in [7, 11) is 2.07. The Kier molecular flexibility index (Phi) is 6.21. The number of benzene rings is 1. The van der Waals surface area contributed by atoms with Crippen molar-refractivity contribution in [1.29, 1.82) is 0 Å². The molecular weight excluding hydrogens is 501 g/mol. The van der Waals surface area contributed by atoms with Crippen LogP contribution in [0.15, 0.2) is 36.8 Å². The summed E-state index contributed by atoms with van der Waals surface area (Å²) in [6.07, 6.45) is -1.42. The van der Waals surface area contributed by atoms with Gasteiger partial charge in [-0.2, -0.15) is 13.2 Å². The number of fused-ring (bicyclic) bond motifs is 2. The van der Waals surface area contributed by atoms with Gasteiger partial charge in [0.1, 0.15) is 11.8 Å². The van der Waals surface area contributed by atoms with Gasteiger partial charge in [-0.3, -0.25) is 9.78 Å². The topological polar surface area (TPSA) is 83.9 Å². The van der Waals surface area contributed by atoms with E-state index < -0.39 is 30.5 Å². The predicted octanol–water partition coefficient (Wildman–Crippen LogP) is 3.31. The number of piperidine rings is 1. The molecule has 3 aliphatic heterocycles. The van der Waals surface area contributed by atoms with Crippen LogP contribution in [0.5, 0.6) is 11.5 Å². The number of piperazine rings is 1. The third kappa shape index (κ3) is 4.57. The van der Waals surface area contributed by atoms with Crippen molar-refractivity contribution in [1.82, 2.24) is 24.8 Å². The van der Waals surface area contributed by atoms with Crippen LogP contribution in [0.1, 0.15) is 28.4 Å². The number of likely N-dealkylation sites (N-methyl/N-ethyl adjacent to an activating group) is 1. The molecular formula is C26H27F3N6O3. The van der Waals surface area contributed by atoms with E-state index >= 15 is 0 Å². The minimum atomic E-state index is -4.53. The molecule has 0 saturated carbocycles. The molecule has 3 aromatic rings. The highest BCUT2D eigenvalue weighted by Gasteiger charge is 2.49. The van der Waals surface area contributed by atoms with Gasteiger partial charge in [-0.25, -0.2) is 9.97 Å². The fourth-order valence-corrected chi connectivity index (χ4v) is 5.47. The van der Waals surface area contributed by atoms with Gasteiger partial charge in [0, 0.05) is 50.7 Å². The molecule has 0 N–H and O–H groups in total. The second-order valence-electron chi connectivity index (χ2n) is 9.97. The number of halogens is 3. The largest absolute Gasteiger partial charge is 0.454 e. The molecule has 2 unspecified atom stereocenters. The monoisotopic (exact) mass is 528 g/mol. The number of carbonyl (C=O) groups excluding carboxylic acids is 1. The van der Waals surface area contributed by atoms with Gasteiger partial charge in [0.25, 0.3) is 5.91 Å². The third-order valence-electron chi connectivity index (χ3n) is 7.65. The maximum absolute atomic E-state index is 14.4. The number of anilines is 1. The number of ether oxygens (including phenoxy) is 2. The van der Waals surface area contributed by atoms with E-state index in [0.717, 1.165) is 31.9 Å². The second kappa shape index (κ2) is 9.57. The zero-order valence-corrected chi connectivity index (χ0v) is 20.8. The lowest BCUT2D eigenvalue weighted by molar-refractivity contribution is -0.190. The van der Waals surface area contributed by atoms with Gasteiger partial charge >= 0.3 is 6.18 Å². The molecule has 38 heavy (non-hydrogen) atoms.